The van der Waals surface area contributed by atoms with E-state index in [4.69, 9.17) is 18.7 Å². The second kappa shape index (κ2) is 3.03. The molecule has 0 aliphatic carbocycles. The van der Waals surface area contributed by atoms with E-state index in [9.17, 15) is 9.59 Å². The highest BCUT2D eigenvalue weighted by Gasteiger charge is 2.14. The van der Waals surface area contributed by atoms with E-state index in [0.717, 1.165) is 0 Å². The number of carbonyl (C=O) groups is 2. The number of nitrogens with two attached hydrogens (primary N) is 1. The number of hydrogen-bond acceptors (Lipinski definition) is 3. The minimum atomic E-state index is -2.79. The van der Waals surface area contributed by atoms with Gasteiger partial charge in [-0.25, -0.2) is 0 Å². The van der Waals surface area contributed by atoms with E-state index in [1.54, 1.807) is 0 Å². The zero-order valence-corrected chi connectivity index (χ0v) is 4.37. The van der Waals surface area contributed by atoms with Crippen LogP contribution in [0.1, 0.15) is 9.14 Å². The summed E-state index contributed by atoms with van der Waals surface area (Å²) in [7, 11) is 0. The third-order valence-electron chi connectivity index (χ3n) is 0.526. The molecule has 2 atom stereocenters. The summed E-state index contributed by atoms with van der Waals surface area (Å²) in [5.74, 6) is -3.56. The zero-order valence-electron chi connectivity index (χ0n) is 6.37. The van der Waals surface area contributed by atoms with Crippen molar-refractivity contribution in [1.29, 1.82) is 0 Å². The van der Waals surface area contributed by atoms with Gasteiger partial charge in [0.1, 0.15) is 6.02 Å². The molecule has 0 radical (unpaired) electrons. The van der Waals surface area contributed by atoms with Gasteiger partial charge in [-0.05, 0) is 0 Å². The smallest absolute Gasteiger partial charge is 0.321 e. The average molecular weight is 135 g/mol. The molecule has 0 saturated carbocycles. The highest BCUT2D eigenvalue weighted by molar-refractivity contribution is 5.80. The predicted molar refractivity (Wildman–Crippen MR) is 27.9 cm³/mol. The Morgan fingerprint density at radius 3 is 2.33 bits per heavy atom. The van der Waals surface area contributed by atoms with Crippen LogP contribution in [0.3, 0.4) is 0 Å². The van der Waals surface area contributed by atoms with Crippen LogP contribution in [0.4, 0.5) is 0 Å². The molecule has 0 aromatic carbocycles. The van der Waals surface area contributed by atoms with Gasteiger partial charge in [-0.15, -0.1) is 0 Å². The summed E-state index contributed by atoms with van der Waals surface area (Å²) in [5, 5.41) is 16.3. The minimum Gasteiger partial charge on any atom is -0.481 e. The summed E-state index contributed by atoms with van der Waals surface area (Å²) >= 11 is 0. The Morgan fingerprint density at radius 1 is 1.78 bits per heavy atom. The molecular weight excluding hydrogens is 126 g/mol. The second-order valence-electron chi connectivity index (χ2n) is 1.24. The van der Waals surface area contributed by atoms with Crippen LogP contribution in [0.15, 0.2) is 0 Å². The van der Waals surface area contributed by atoms with Crippen LogP contribution in [0.25, 0.3) is 0 Å². The summed E-state index contributed by atoms with van der Waals surface area (Å²) in [6.07, 6.45) is -2.18. The Morgan fingerprint density at radius 2 is 2.22 bits per heavy atom. The van der Waals surface area contributed by atoms with Gasteiger partial charge in [0.05, 0.1) is 7.77 Å². The first kappa shape index (κ1) is 4.75. The summed E-state index contributed by atoms with van der Waals surface area (Å²) in [4.78, 5) is 20.1. The van der Waals surface area contributed by atoms with Crippen LogP contribution in [0.5, 0.6) is 0 Å². The van der Waals surface area contributed by atoms with Gasteiger partial charge in [0.25, 0.3) is 0 Å². The van der Waals surface area contributed by atoms with Crippen LogP contribution < -0.4 is 5.73 Å². The van der Waals surface area contributed by atoms with E-state index in [0.29, 0.717) is 0 Å². The first-order valence-electron chi connectivity index (χ1n) is 3.05. The van der Waals surface area contributed by atoms with Crippen molar-refractivity contribution in [1.82, 2.24) is 0 Å². The van der Waals surface area contributed by atoms with Gasteiger partial charge in [-0.3, -0.25) is 9.59 Å². The van der Waals surface area contributed by atoms with Crippen molar-refractivity contribution in [3.63, 3.8) is 0 Å². The Labute approximate surface area is 53.9 Å². The molecule has 0 rings (SSSR count). The van der Waals surface area contributed by atoms with Crippen molar-refractivity contribution in [2.75, 3.05) is 0 Å². The fourth-order valence-electron chi connectivity index (χ4n) is 0.195. The Balaban J connectivity index is 4.55. The lowest BCUT2D eigenvalue weighted by atomic mass is 10.2. The van der Waals surface area contributed by atoms with Gasteiger partial charge in [-0.1, -0.05) is 0 Å². The lowest BCUT2D eigenvalue weighted by Crippen LogP contribution is -2.32. The summed E-state index contributed by atoms with van der Waals surface area (Å²) in [6.45, 7) is 0. The number of aliphatic carboxylic acids is 2. The molecule has 4 N–H and O–H groups in total. The summed E-state index contributed by atoms with van der Waals surface area (Å²) in [5.41, 5.74) is 4.70. The fourth-order valence-corrected chi connectivity index (χ4v) is 0.195. The van der Waals surface area contributed by atoms with Crippen molar-refractivity contribution in [2.45, 2.75) is 12.4 Å². The van der Waals surface area contributed by atoms with Crippen LogP contribution in [-0.2, 0) is 9.59 Å². The van der Waals surface area contributed by atoms with Gasteiger partial charge in [0.2, 0.25) is 0 Å². The highest BCUT2D eigenvalue weighted by atomic mass is 16.4. The Bertz CT molecular complexity index is 193. The molecular formula is C4H7NO4. The molecule has 0 bridgehead atoms. The van der Waals surface area contributed by atoms with Gasteiger partial charge >= 0.3 is 11.9 Å². The van der Waals surface area contributed by atoms with Crippen LogP contribution in [0, 0.1) is 0 Å². The molecule has 0 spiro atoms. The van der Waals surface area contributed by atoms with Crippen molar-refractivity contribution >= 4 is 11.9 Å². The molecule has 52 valence electrons. The monoisotopic (exact) mass is 135 g/mol. The van der Waals surface area contributed by atoms with E-state index < -0.39 is 24.4 Å². The molecule has 5 heteroatoms. The molecule has 0 heterocycles. The molecule has 9 heavy (non-hydrogen) atoms. The van der Waals surface area contributed by atoms with Crippen molar-refractivity contribution in [3.8, 4) is 0 Å². The van der Waals surface area contributed by atoms with E-state index in [-0.39, 0.29) is 0 Å². The third-order valence-corrected chi connectivity index (χ3v) is 0.526. The van der Waals surface area contributed by atoms with Crippen molar-refractivity contribution in [3.05, 3.63) is 0 Å². The molecule has 0 amide bonds. The van der Waals surface area contributed by atoms with Gasteiger partial charge in [0, 0.05) is 1.37 Å². The molecule has 0 fully saturated rings. The molecule has 2 unspecified atom stereocenters. The standard InChI is InChI=1S/C4H7NO4/c5-2(4(8)9)1-3(6)7/h2H,1,5H2,(H,6,7)(H,8,9)/i1D,2D. The lowest BCUT2D eigenvalue weighted by Gasteiger charge is -1.99. The summed E-state index contributed by atoms with van der Waals surface area (Å²) in [6, 6.07) is -2.79. The molecule has 0 aromatic heterocycles. The van der Waals surface area contributed by atoms with E-state index >= 15 is 0 Å². The summed E-state index contributed by atoms with van der Waals surface area (Å²) < 4.78 is 13.4. The lowest BCUT2D eigenvalue weighted by molar-refractivity contribution is -0.144. The normalized spacial score (nSPS) is 22.8. The maximum Gasteiger partial charge on any atom is 0.321 e. The van der Waals surface area contributed by atoms with Gasteiger partial charge in [-0.2, -0.15) is 0 Å². The van der Waals surface area contributed by atoms with E-state index in [1.807, 2.05) is 0 Å². The molecule has 5 nitrogen and oxygen atoms in total. The Hall–Kier alpha value is -1.10. The van der Waals surface area contributed by atoms with Crippen LogP contribution in [-0.4, -0.2) is 28.2 Å². The average Bonchev–Trinajstić information content (AvgIpc) is 1.85. The van der Waals surface area contributed by atoms with E-state index in [1.165, 1.54) is 0 Å². The third kappa shape index (κ3) is 3.48. The number of hydrogen-bond donors (Lipinski definition) is 3. The molecule has 0 saturated heterocycles. The van der Waals surface area contributed by atoms with Crippen molar-refractivity contribution in [2.24, 2.45) is 5.73 Å². The maximum atomic E-state index is 10.1. The first-order chi connectivity index (χ1) is 4.80. The predicted octanol–water partition coefficient (Wildman–Crippen LogP) is -1.13. The Kier molecular flexibility index (Phi) is 1.60. The first-order valence-corrected chi connectivity index (χ1v) is 1.97. The fraction of sp³-hybridized carbons (Fsp3) is 0.500. The van der Waals surface area contributed by atoms with Gasteiger partial charge in [0.15, 0.2) is 0 Å². The second-order valence-corrected chi connectivity index (χ2v) is 1.24. The SMILES string of the molecule is [2H]C(C(=O)O)C([2H])(N)C(=O)O. The highest BCUT2D eigenvalue weighted by Crippen LogP contribution is 1.86. The van der Waals surface area contributed by atoms with Crippen LogP contribution >= 0.6 is 0 Å². The van der Waals surface area contributed by atoms with Crippen LogP contribution in [0.2, 0.25) is 0 Å². The zero-order chi connectivity index (χ0) is 9.23. The number of carboxylic acids is 2. The number of rotatable bonds is 3. The van der Waals surface area contributed by atoms with Crippen molar-refractivity contribution < 1.29 is 22.5 Å². The topological polar surface area (TPSA) is 101 Å². The minimum absolute atomic E-state index is 1.73. The maximum absolute atomic E-state index is 10.1. The van der Waals surface area contributed by atoms with Gasteiger partial charge < -0.3 is 15.9 Å². The van der Waals surface area contributed by atoms with E-state index in [2.05, 4.69) is 0 Å². The quantitative estimate of drug-likeness (QED) is 0.454. The molecule has 0 aliphatic heterocycles. The molecule has 0 aromatic rings. The number of carboxylic acid groups (broad SMARTS) is 2. The molecule has 0 aliphatic rings. The largest absolute Gasteiger partial charge is 0.481 e.